The average Bonchev–Trinajstić information content (AvgIpc) is 3.03. The quantitative estimate of drug-likeness (QED) is 0.259. The van der Waals surface area contributed by atoms with Crippen LogP contribution in [0.5, 0.6) is 0 Å². The van der Waals surface area contributed by atoms with E-state index in [0.29, 0.717) is 25.9 Å². The van der Waals surface area contributed by atoms with E-state index in [1.807, 2.05) is 0 Å². The smallest absolute Gasteiger partial charge is 0.200 e. The highest BCUT2D eigenvalue weighted by Crippen LogP contribution is 2.13. The van der Waals surface area contributed by atoms with Crippen LogP contribution in [0.15, 0.2) is 6.33 Å². The average molecular weight is 324 g/mol. The van der Waals surface area contributed by atoms with Gasteiger partial charge in [-0.05, 0) is 38.8 Å². The first-order valence-corrected chi connectivity index (χ1v) is 8.06. The third-order valence-corrected chi connectivity index (χ3v) is 3.73. The predicted octanol–water partition coefficient (Wildman–Crippen LogP) is -0.312. The SMILES string of the molecule is NCCCC[C@H](N)C(=O)c1nc[nH]c1C(=O)[C@@H](N)CCCCN. The molecule has 0 unspecified atom stereocenters. The van der Waals surface area contributed by atoms with Crippen molar-refractivity contribution in [2.75, 3.05) is 13.1 Å². The molecule has 0 amide bonds. The van der Waals surface area contributed by atoms with Crippen molar-refractivity contribution in [2.24, 2.45) is 22.9 Å². The Morgan fingerprint density at radius 1 is 0.957 bits per heavy atom. The monoisotopic (exact) mass is 324 g/mol. The van der Waals surface area contributed by atoms with Crippen LogP contribution in [0.3, 0.4) is 0 Å². The van der Waals surface area contributed by atoms with Gasteiger partial charge in [-0.2, -0.15) is 0 Å². The molecule has 2 atom stereocenters. The van der Waals surface area contributed by atoms with E-state index >= 15 is 0 Å². The van der Waals surface area contributed by atoms with Gasteiger partial charge in [-0.1, -0.05) is 12.8 Å². The lowest BCUT2D eigenvalue weighted by atomic mass is 9.98. The van der Waals surface area contributed by atoms with E-state index in [0.717, 1.165) is 25.7 Å². The van der Waals surface area contributed by atoms with Crippen LogP contribution < -0.4 is 22.9 Å². The standard InChI is InChI=1S/C15H28N6O2/c16-7-3-1-5-10(18)14(22)12-13(21-9-20-12)15(23)11(19)6-2-4-8-17/h9-11H,1-8,16-19H2,(H,20,21)/t10-,11-/m0/s1. The van der Waals surface area contributed by atoms with Crippen molar-refractivity contribution in [3.8, 4) is 0 Å². The second kappa shape index (κ2) is 10.2. The molecule has 0 aromatic carbocycles. The summed E-state index contributed by atoms with van der Waals surface area (Å²) in [7, 11) is 0. The Morgan fingerprint density at radius 3 is 2.00 bits per heavy atom. The molecule has 0 aliphatic heterocycles. The molecule has 0 saturated carbocycles. The van der Waals surface area contributed by atoms with Crippen LogP contribution in [0.25, 0.3) is 0 Å². The summed E-state index contributed by atoms with van der Waals surface area (Å²) in [5.74, 6) is -0.669. The van der Waals surface area contributed by atoms with E-state index in [1.54, 1.807) is 0 Å². The number of hydrogen-bond acceptors (Lipinski definition) is 7. The molecule has 0 saturated heterocycles. The van der Waals surface area contributed by atoms with Crippen molar-refractivity contribution >= 4 is 11.6 Å². The summed E-state index contributed by atoms with van der Waals surface area (Å²) in [6.07, 6.45) is 5.49. The fraction of sp³-hybridized carbons (Fsp3) is 0.667. The molecular weight excluding hydrogens is 296 g/mol. The maximum atomic E-state index is 12.4. The minimum absolute atomic E-state index is 0.0736. The van der Waals surface area contributed by atoms with E-state index in [1.165, 1.54) is 6.33 Å². The van der Waals surface area contributed by atoms with E-state index in [-0.39, 0.29) is 23.0 Å². The number of Topliss-reactive ketones (excluding diaryl/α,β-unsaturated/α-hetero) is 2. The van der Waals surface area contributed by atoms with E-state index in [4.69, 9.17) is 22.9 Å². The molecule has 23 heavy (non-hydrogen) atoms. The molecule has 0 fully saturated rings. The molecule has 9 N–H and O–H groups in total. The Bertz CT molecular complexity index is 459. The van der Waals surface area contributed by atoms with Gasteiger partial charge < -0.3 is 27.9 Å². The molecule has 0 aliphatic carbocycles. The second-order valence-electron chi connectivity index (χ2n) is 5.64. The molecule has 1 rings (SSSR count). The number of imidazole rings is 1. The lowest BCUT2D eigenvalue weighted by Crippen LogP contribution is -2.35. The zero-order chi connectivity index (χ0) is 17.2. The Hall–Kier alpha value is -1.61. The predicted molar refractivity (Wildman–Crippen MR) is 89.0 cm³/mol. The van der Waals surface area contributed by atoms with Crippen molar-refractivity contribution in [3.05, 3.63) is 17.7 Å². The summed E-state index contributed by atoms with van der Waals surface area (Å²) < 4.78 is 0. The molecule has 130 valence electrons. The summed E-state index contributed by atoms with van der Waals surface area (Å²) in [6.45, 7) is 1.12. The lowest BCUT2D eigenvalue weighted by molar-refractivity contribution is 0.0917. The number of ketones is 2. The summed E-state index contributed by atoms with van der Waals surface area (Å²) >= 11 is 0. The van der Waals surface area contributed by atoms with Crippen LogP contribution in [0.1, 0.15) is 59.5 Å². The summed E-state index contributed by atoms with van der Waals surface area (Å²) in [6, 6.07) is -1.37. The van der Waals surface area contributed by atoms with Crippen LogP contribution >= 0.6 is 0 Å². The van der Waals surface area contributed by atoms with Gasteiger partial charge in [-0.3, -0.25) is 9.59 Å². The number of H-pyrrole nitrogens is 1. The number of aromatic amines is 1. The topological polar surface area (TPSA) is 167 Å². The minimum atomic E-state index is -0.690. The second-order valence-corrected chi connectivity index (χ2v) is 5.64. The molecule has 0 aliphatic rings. The van der Waals surface area contributed by atoms with Gasteiger partial charge in [0.05, 0.1) is 18.4 Å². The number of carbonyl (C=O) groups excluding carboxylic acids is 2. The number of rotatable bonds is 12. The normalized spacial score (nSPS) is 13.7. The van der Waals surface area contributed by atoms with Gasteiger partial charge in [0.1, 0.15) is 11.4 Å². The van der Waals surface area contributed by atoms with Gasteiger partial charge in [-0.25, -0.2) is 4.98 Å². The molecular formula is C15H28N6O2. The van der Waals surface area contributed by atoms with Crippen molar-refractivity contribution < 1.29 is 9.59 Å². The van der Waals surface area contributed by atoms with Crippen LogP contribution in [0.4, 0.5) is 0 Å². The number of nitrogens with two attached hydrogens (primary N) is 4. The molecule has 0 radical (unpaired) electrons. The van der Waals surface area contributed by atoms with Gasteiger partial charge in [0.15, 0.2) is 11.6 Å². The minimum Gasteiger partial charge on any atom is -0.342 e. The van der Waals surface area contributed by atoms with Crippen molar-refractivity contribution in [2.45, 2.75) is 50.6 Å². The number of hydrogen-bond donors (Lipinski definition) is 5. The number of aromatic nitrogens is 2. The molecule has 0 spiro atoms. The third-order valence-electron chi connectivity index (χ3n) is 3.73. The number of carbonyl (C=O) groups is 2. The van der Waals surface area contributed by atoms with Crippen molar-refractivity contribution in [1.82, 2.24) is 9.97 Å². The first-order chi connectivity index (χ1) is 11.0. The van der Waals surface area contributed by atoms with Gasteiger partial charge in [0.25, 0.3) is 0 Å². The Kier molecular flexibility index (Phi) is 8.64. The molecule has 1 aromatic heterocycles. The van der Waals surface area contributed by atoms with Crippen molar-refractivity contribution in [1.29, 1.82) is 0 Å². The van der Waals surface area contributed by atoms with E-state index in [2.05, 4.69) is 9.97 Å². The molecule has 8 heteroatoms. The number of unbranched alkanes of at least 4 members (excludes halogenated alkanes) is 2. The molecule has 1 aromatic rings. The molecule has 1 heterocycles. The van der Waals surface area contributed by atoms with Crippen LogP contribution in [-0.4, -0.2) is 46.7 Å². The summed E-state index contributed by atoms with van der Waals surface area (Å²) in [5, 5.41) is 0. The van der Waals surface area contributed by atoms with Crippen LogP contribution in [0, 0.1) is 0 Å². The highest BCUT2D eigenvalue weighted by molar-refractivity contribution is 6.09. The van der Waals surface area contributed by atoms with Crippen molar-refractivity contribution in [3.63, 3.8) is 0 Å². The van der Waals surface area contributed by atoms with Gasteiger partial charge in [0, 0.05) is 0 Å². The maximum absolute atomic E-state index is 12.4. The van der Waals surface area contributed by atoms with Gasteiger partial charge in [0.2, 0.25) is 0 Å². The number of nitrogens with one attached hydrogen (secondary N) is 1. The fourth-order valence-corrected chi connectivity index (χ4v) is 2.31. The Morgan fingerprint density at radius 2 is 1.48 bits per heavy atom. The number of nitrogens with zero attached hydrogens (tertiary/aromatic N) is 1. The fourth-order valence-electron chi connectivity index (χ4n) is 2.31. The molecule has 8 nitrogen and oxygen atoms in total. The van der Waals surface area contributed by atoms with E-state index < -0.39 is 12.1 Å². The van der Waals surface area contributed by atoms with Gasteiger partial charge >= 0.3 is 0 Å². The molecule has 0 bridgehead atoms. The zero-order valence-electron chi connectivity index (χ0n) is 13.5. The van der Waals surface area contributed by atoms with Crippen LogP contribution in [0.2, 0.25) is 0 Å². The van der Waals surface area contributed by atoms with Crippen LogP contribution in [-0.2, 0) is 0 Å². The Labute approximate surface area is 136 Å². The Balaban J connectivity index is 2.70. The first-order valence-electron chi connectivity index (χ1n) is 8.06. The first kappa shape index (κ1) is 19.4. The zero-order valence-corrected chi connectivity index (χ0v) is 13.5. The summed E-state index contributed by atoms with van der Waals surface area (Å²) in [5.41, 5.74) is 22.9. The maximum Gasteiger partial charge on any atom is 0.200 e. The van der Waals surface area contributed by atoms with Gasteiger partial charge in [-0.15, -0.1) is 0 Å². The lowest BCUT2D eigenvalue weighted by Gasteiger charge is -2.12. The van der Waals surface area contributed by atoms with E-state index in [9.17, 15) is 9.59 Å². The highest BCUT2D eigenvalue weighted by atomic mass is 16.1. The summed E-state index contributed by atoms with van der Waals surface area (Å²) in [4.78, 5) is 31.4. The third kappa shape index (κ3) is 5.83. The largest absolute Gasteiger partial charge is 0.342 e. The highest BCUT2D eigenvalue weighted by Gasteiger charge is 2.27.